The number of amides is 1. The molecule has 3 rings (SSSR count). The molecule has 0 spiro atoms. The van der Waals surface area contributed by atoms with Crippen molar-refractivity contribution < 1.29 is 4.79 Å². The standard InChI is InChI=1S/C15H16ClN3O/c16-11-5-1-2-6-12(11)19-15(20)10-4-3-7-13-14(10)18-9-8-17-13/h3-4,7-9,11-12H,1-2,5-6H2,(H,19,20). The maximum absolute atomic E-state index is 12.4. The van der Waals surface area contributed by atoms with Gasteiger partial charge in [0.15, 0.2) is 0 Å². The molecule has 2 unspecified atom stereocenters. The molecule has 1 saturated carbocycles. The molecule has 5 heteroatoms. The first-order chi connectivity index (χ1) is 9.75. The summed E-state index contributed by atoms with van der Waals surface area (Å²) in [5.74, 6) is -0.117. The van der Waals surface area contributed by atoms with Crippen LogP contribution >= 0.6 is 11.6 Å². The summed E-state index contributed by atoms with van der Waals surface area (Å²) in [4.78, 5) is 20.9. The summed E-state index contributed by atoms with van der Waals surface area (Å²) in [6.07, 6.45) is 7.38. The number of nitrogens with one attached hydrogen (secondary N) is 1. The summed E-state index contributed by atoms with van der Waals surface area (Å²) in [7, 11) is 0. The van der Waals surface area contributed by atoms with E-state index in [2.05, 4.69) is 15.3 Å². The van der Waals surface area contributed by atoms with Crippen LogP contribution in [0.3, 0.4) is 0 Å². The third kappa shape index (κ3) is 2.61. The first-order valence-corrected chi connectivity index (χ1v) is 7.34. The van der Waals surface area contributed by atoms with E-state index in [0.717, 1.165) is 31.2 Å². The van der Waals surface area contributed by atoms with E-state index in [1.807, 2.05) is 12.1 Å². The van der Waals surface area contributed by atoms with Crippen molar-refractivity contribution in [2.45, 2.75) is 37.1 Å². The zero-order valence-corrected chi connectivity index (χ0v) is 11.8. The molecule has 1 N–H and O–H groups in total. The van der Waals surface area contributed by atoms with Gasteiger partial charge in [0.25, 0.3) is 5.91 Å². The van der Waals surface area contributed by atoms with Crippen LogP contribution in [0, 0.1) is 0 Å². The number of carbonyl (C=O) groups excluding carboxylic acids is 1. The first kappa shape index (κ1) is 13.3. The fourth-order valence-corrected chi connectivity index (χ4v) is 3.01. The fourth-order valence-electron chi connectivity index (χ4n) is 2.67. The minimum absolute atomic E-state index is 0.0220. The van der Waals surface area contributed by atoms with E-state index in [-0.39, 0.29) is 17.3 Å². The minimum atomic E-state index is -0.117. The summed E-state index contributed by atoms with van der Waals surface area (Å²) in [5, 5.41) is 3.06. The van der Waals surface area contributed by atoms with Crippen LogP contribution in [0.4, 0.5) is 0 Å². The van der Waals surface area contributed by atoms with E-state index in [4.69, 9.17) is 11.6 Å². The molecule has 1 aromatic heterocycles. The molecule has 1 fully saturated rings. The Labute approximate surface area is 122 Å². The minimum Gasteiger partial charge on any atom is -0.348 e. The van der Waals surface area contributed by atoms with Crippen molar-refractivity contribution in [2.24, 2.45) is 0 Å². The Bertz CT molecular complexity index is 626. The number of para-hydroxylation sites is 1. The van der Waals surface area contributed by atoms with E-state index in [0.29, 0.717) is 11.1 Å². The number of hydrogen-bond acceptors (Lipinski definition) is 3. The van der Waals surface area contributed by atoms with E-state index >= 15 is 0 Å². The highest BCUT2D eigenvalue weighted by atomic mass is 35.5. The number of alkyl halides is 1. The Kier molecular flexibility index (Phi) is 3.83. The van der Waals surface area contributed by atoms with Crippen LogP contribution in [0.2, 0.25) is 0 Å². The zero-order valence-electron chi connectivity index (χ0n) is 11.1. The van der Waals surface area contributed by atoms with Crippen LogP contribution in [-0.4, -0.2) is 27.3 Å². The summed E-state index contributed by atoms with van der Waals surface area (Å²) < 4.78 is 0. The Morgan fingerprint density at radius 2 is 2.00 bits per heavy atom. The fraction of sp³-hybridized carbons (Fsp3) is 0.400. The van der Waals surface area contributed by atoms with Crippen LogP contribution in [0.15, 0.2) is 30.6 Å². The lowest BCUT2D eigenvalue weighted by atomic mass is 9.94. The first-order valence-electron chi connectivity index (χ1n) is 6.90. The van der Waals surface area contributed by atoms with Gasteiger partial charge >= 0.3 is 0 Å². The average Bonchev–Trinajstić information content (AvgIpc) is 2.49. The monoisotopic (exact) mass is 289 g/mol. The number of aromatic nitrogens is 2. The maximum atomic E-state index is 12.4. The molecule has 0 radical (unpaired) electrons. The Morgan fingerprint density at radius 3 is 2.85 bits per heavy atom. The van der Waals surface area contributed by atoms with Gasteiger partial charge in [-0.05, 0) is 25.0 Å². The Morgan fingerprint density at radius 1 is 1.20 bits per heavy atom. The van der Waals surface area contributed by atoms with Gasteiger partial charge in [0, 0.05) is 18.4 Å². The molecule has 1 amide bonds. The third-order valence-corrected chi connectivity index (χ3v) is 4.26. The maximum Gasteiger partial charge on any atom is 0.253 e. The molecular weight excluding hydrogens is 274 g/mol. The highest BCUT2D eigenvalue weighted by Gasteiger charge is 2.25. The summed E-state index contributed by atoms with van der Waals surface area (Å²) in [6, 6.07) is 5.50. The predicted molar refractivity (Wildman–Crippen MR) is 78.9 cm³/mol. The van der Waals surface area contributed by atoms with Crippen LogP contribution in [-0.2, 0) is 0 Å². The second-order valence-electron chi connectivity index (χ2n) is 5.11. The Hall–Kier alpha value is -1.68. The normalized spacial score (nSPS) is 22.6. The van der Waals surface area contributed by atoms with Crippen molar-refractivity contribution >= 4 is 28.5 Å². The van der Waals surface area contributed by atoms with Crippen LogP contribution in [0.1, 0.15) is 36.0 Å². The van der Waals surface area contributed by atoms with Crippen molar-refractivity contribution in [3.05, 3.63) is 36.2 Å². The molecular formula is C15H16ClN3O. The number of halogens is 1. The van der Waals surface area contributed by atoms with Crippen molar-refractivity contribution in [3.63, 3.8) is 0 Å². The number of nitrogens with zero attached hydrogens (tertiary/aromatic N) is 2. The SMILES string of the molecule is O=C(NC1CCCCC1Cl)c1cccc2nccnc12. The summed E-state index contributed by atoms with van der Waals surface area (Å²) in [5.41, 5.74) is 1.92. The van der Waals surface area contributed by atoms with Gasteiger partial charge in [-0.15, -0.1) is 11.6 Å². The molecule has 0 saturated heterocycles. The van der Waals surface area contributed by atoms with Gasteiger partial charge in [0.05, 0.1) is 16.5 Å². The van der Waals surface area contributed by atoms with Gasteiger partial charge in [-0.3, -0.25) is 14.8 Å². The van der Waals surface area contributed by atoms with Gasteiger partial charge < -0.3 is 5.32 Å². The number of carbonyl (C=O) groups is 1. The average molecular weight is 290 g/mol. The highest BCUT2D eigenvalue weighted by Crippen LogP contribution is 2.23. The molecule has 1 aliphatic carbocycles. The molecule has 0 aliphatic heterocycles. The van der Waals surface area contributed by atoms with Gasteiger partial charge in [0.1, 0.15) is 5.52 Å². The number of fused-ring (bicyclic) bond motifs is 1. The van der Waals surface area contributed by atoms with E-state index in [9.17, 15) is 4.79 Å². The van der Waals surface area contributed by atoms with Gasteiger partial charge in [0.2, 0.25) is 0 Å². The van der Waals surface area contributed by atoms with E-state index in [1.165, 1.54) is 0 Å². The van der Waals surface area contributed by atoms with Gasteiger partial charge in [-0.25, -0.2) is 0 Å². The Balaban J connectivity index is 1.85. The molecule has 1 heterocycles. The van der Waals surface area contributed by atoms with Crippen molar-refractivity contribution in [2.75, 3.05) is 0 Å². The molecule has 104 valence electrons. The van der Waals surface area contributed by atoms with Crippen LogP contribution in [0.25, 0.3) is 11.0 Å². The lowest BCUT2D eigenvalue weighted by Crippen LogP contribution is -2.42. The molecule has 4 nitrogen and oxygen atoms in total. The van der Waals surface area contributed by atoms with Crippen LogP contribution < -0.4 is 5.32 Å². The van der Waals surface area contributed by atoms with E-state index < -0.39 is 0 Å². The van der Waals surface area contributed by atoms with Crippen molar-refractivity contribution in [3.8, 4) is 0 Å². The lowest BCUT2D eigenvalue weighted by Gasteiger charge is -2.27. The molecule has 1 aromatic carbocycles. The zero-order chi connectivity index (χ0) is 13.9. The van der Waals surface area contributed by atoms with Gasteiger partial charge in [-0.2, -0.15) is 0 Å². The topological polar surface area (TPSA) is 54.9 Å². The number of benzene rings is 1. The van der Waals surface area contributed by atoms with Crippen molar-refractivity contribution in [1.82, 2.24) is 15.3 Å². The quantitative estimate of drug-likeness (QED) is 0.865. The predicted octanol–water partition coefficient (Wildman–Crippen LogP) is 2.91. The smallest absolute Gasteiger partial charge is 0.253 e. The third-order valence-electron chi connectivity index (χ3n) is 3.74. The highest BCUT2D eigenvalue weighted by molar-refractivity contribution is 6.21. The van der Waals surface area contributed by atoms with E-state index in [1.54, 1.807) is 18.5 Å². The van der Waals surface area contributed by atoms with Crippen molar-refractivity contribution in [1.29, 1.82) is 0 Å². The molecule has 20 heavy (non-hydrogen) atoms. The molecule has 2 aromatic rings. The summed E-state index contributed by atoms with van der Waals surface area (Å²) in [6.45, 7) is 0. The number of rotatable bonds is 2. The lowest BCUT2D eigenvalue weighted by molar-refractivity contribution is 0.0930. The second-order valence-corrected chi connectivity index (χ2v) is 5.67. The molecule has 1 aliphatic rings. The number of hydrogen-bond donors (Lipinski definition) is 1. The second kappa shape index (κ2) is 5.75. The van der Waals surface area contributed by atoms with Gasteiger partial charge in [-0.1, -0.05) is 18.9 Å². The largest absolute Gasteiger partial charge is 0.348 e. The van der Waals surface area contributed by atoms with Crippen LogP contribution in [0.5, 0.6) is 0 Å². The molecule has 2 atom stereocenters. The molecule has 0 bridgehead atoms. The summed E-state index contributed by atoms with van der Waals surface area (Å²) >= 11 is 6.29.